The van der Waals surface area contributed by atoms with Crippen LogP contribution in [-0.2, 0) is 9.47 Å². The van der Waals surface area contributed by atoms with Crippen molar-refractivity contribution in [3.63, 3.8) is 0 Å². The van der Waals surface area contributed by atoms with Gasteiger partial charge in [0.1, 0.15) is 0 Å². The summed E-state index contributed by atoms with van der Waals surface area (Å²) in [7, 11) is 0. The van der Waals surface area contributed by atoms with Crippen LogP contribution in [0.15, 0.2) is 28.7 Å². The third-order valence-corrected chi connectivity index (χ3v) is 3.85. The lowest BCUT2D eigenvalue weighted by molar-refractivity contribution is -0.0517. The van der Waals surface area contributed by atoms with Gasteiger partial charge in [0.05, 0.1) is 25.4 Å². The molecule has 1 aliphatic rings. The van der Waals surface area contributed by atoms with Crippen molar-refractivity contribution in [3.05, 3.63) is 34.3 Å². The molecule has 0 bridgehead atoms. The summed E-state index contributed by atoms with van der Waals surface area (Å²) < 4.78 is 12.1. The van der Waals surface area contributed by atoms with Gasteiger partial charge in [-0.05, 0) is 24.6 Å². The van der Waals surface area contributed by atoms with E-state index in [1.54, 1.807) is 0 Å². The number of aliphatic hydroxyl groups is 1. The first kappa shape index (κ1) is 15.9. The van der Waals surface area contributed by atoms with Gasteiger partial charge >= 0.3 is 0 Å². The number of hydrogen-bond acceptors (Lipinski definition) is 4. The van der Waals surface area contributed by atoms with Crippen LogP contribution in [0.5, 0.6) is 0 Å². The molecule has 2 rings (SSSR count). The molecule has 1 aromatic carbocycles. The van der Waals surface area contributed by atoms with Gasteiger partial charge in [0.2, 0.25) is 0 Å². The summed E-state index contributed by atoms with van der Waals surface area (Å²) >= 11 is 3.49. The zero-order valence-corrected chi connectivity index (χ0v) is 13.4. The van der Waals surface area contributed by atoms with Crippen molar-refractivity contribution >= 4 is 15.9 Å². The van der Waals surface area contributed by atoms with Crippen LogP contribution in [0.4, 0.5) is 0 Å². The fourth-order valence-electron chi connectivity index (χ4n) is 2.38. The lowest BCUT2D eigenvalue weighted by Crippen LogP contribution is -2.43. The minimum atomic E-state index is -0.434. The zero-order chi connectivity index (χ0) is 14.4. The molecule has 1 saturated heterocycles. The fraction of sp³-hybridized carbons (Fsp3) is 0.600. The number of benzene rings is 1. The van der Waals surface area contributed by atoms with E-state index in [1.165, 1.54) is 5.56 Å². The van der Waals surface area contributed by atoms with Crippen molar-refractivity contribution < 1.29 is 14.6 Å². The van der Waals surface area contributed by atoms with Crippen molar-refractivity contribution in [3.8, 4) is 0 Å². The molecule has 1 fully saturated rings. The first-order valence-electron chi connectivity index (χ1n) is 7.04. The van der Waals surface area contributed by atoms with Crippen LogP contribution in [-0.4, -0.2) is 55.6 Å². The summed E-state index contributed by atoms with van der Waals surface area (Å²) in [6, 6.07) is 8.20. The SMILES string of the molecule is CCOC[C@H](O)CN1CCO[C@@H](c2cccc(Br)c2)C1. The number of β-amino-alcohol motifs (C(OH)–C–C–N with tert-alkyl or cyclic N) is 1. The predicted octanol–water partition coefficient (Wildman–Crippen LogP) is 2.22. The van der Waals surface area contributed by atoms with Crippen LogP contribution < -0.4 is 0 Å². The zero-order valence-electron chi connectivity index (χ0n) is 11.8. The maximum absolute atomic E-state index is 9.92. The van der Waals surface area contributed by atoms with Crippen molar-refractivity contribution in [2.45, 2.75) is 19.1 Å². The third kappa shape index (κ3) is 4.82. The van der Waals surface area contributed by atoms with Gasteiger partial charge < -0.3 is 14.6 Å². The highest BCUT2D eigenvalue weighted by Crippen LogP contribution is 2.24. The average Bonchev–Trinajstić information content (AvgIpc) is 2.45. The summed E-state index contributed by atoms with van der Waals surface area (Å²) in [5, 5.41) is 9.92. The van der Waals surface area contributed by atoms with Gasteiger partial charge in [-0.15, -0.1) is 0 Å². The topological polar surface area (TPSA) is 41.9 Å². The average molecular weight is 344 g/mol. The van der Waals surface area contributed by atoms with Gasteiger partial charge in [0, 0.05) is 30.7 Å². The summed E-state index contributed by atoms with van der Waals surface area (Å²) in [4.78, 5) is 2.23. The molecular formula is C15H22BrNO3. The number of nitrogens with zero attached hydrogens (tertiary/aromatic N) is 1. The third-order valence-electron chi connectivity index (χ3n) is 3.35. The Labute approximate surface area is 128 Å². The second-order valence-electron chi connectivity index (χ2n) is 4.99. The molecule has 2 atom stereocenters. The lowest BCUT2D eigenvalue weighted by Gasteiger charge is -2.34. The lowest BCUT2D eigenvalue weighted by atomic mass is 10.1. The Morgan fingerprint density at radius 2 is 2.40 bits per heavy atom. The highest BCUT2D eigenvalue weighted by Gasteiger charge is 2.23. The van der Waals surface area contributed by atoms with Crippen LogP contribution in [0.3, 0.4) is 0 Å². The Balaban J connectivity index is 1.88. The Hall–Kier alpha value is -0.460. The Morgan fingerprint density at radius 1 is 1.55 bits per heavy atom. The minimum Gasteiger partial charge on any atom is -0.389 e. The van der Waals surface area contributed by atoms with Crippen molar-refractivity contribution in [2.75, 3.05) is 39.5 Å². The molecule has 5 heteroatoms. The molecule has 0 radical (unpaired) electrons. The molecule has 1 aliphatic heterocycles. The molecule has 20 heavy (non-hydrogen) atoms. The summed E-state index contributed by atoms with van der Waals surface area (Å²) in [5.74, 6) is 0. The van der Waals surface area contributed by atoms with E-state index in [1.807, 2.05) is 19.1 Å². The van der Waals surface area contributed by atoms with Gasteiger partial charge in [-0.3, -0.25) is 4.90 Å². The van der Waals surface area contributed by atoms with Crippen LogP contribution in [0.2, 0.25) is 0 Å². The van der Waals surface area contributed by atoms with Crippen LogP contribution in [0, 0.1) is 0 Å². The van der Waals surface area contributed by atoms with Crippen LogP contribution in [0.25, 0.3) is 0 Å². The smallest absolute Gasteiger partial charge is 0.0952 e. The molecule has 0 unspecified atom stereocenters. The van der Waals surface area contributed by atoms with Gasteiger partial charge in [-0.2, -0.15) is 0 Å². The van der Waals surface area contributed by atoms with Crippen molar-refractivity contribution in [1.29, 1.82) is 0 Å². The standard InChI is InChI=1S/C15H22BrNO3/c1-2-19-11-14(18)9-17-6-7-20-15(10-17)12-4-3-5-13(16)8-12/h3-5,8,14-15,18H,2,6-7,9-11H2,1H3/t14-,15-/m1/s1. The molecule has 112 valence electrons. The number of rotatable bonds is 6. The number of aliphatic hydroxyl groups excluding tert-OH is 1. The van der Waals surface area contributed by atoms with Crippen molar-refractivity contribution in [1.82, 2.24) is 4.90 Å². The van der Waals surface area contributed by atoms with Gasteiger partial charge in [0.15, 0.2) is 0 Å². The molecule has 0 amide bonds. The molecular weight excluding hydrogens is 322 g/mol. The molecule has 0 aromatic heterocycles. The largest absolute Gasteiger partial charge is 0.389 e. The second-order valence-corrected chi connectivity index (χ2v) is 5.90. The summed E-state index contributed by atoms with van der Waals surface area (Å²) in [6.07, 6.45) is -0.364. The molecule has 1 aromatic rings. The number of hydrogen-bond donors (Lipinski definition) is 1. The van der Waals surface area contributed by atoms with Gasteiger partial charge in [0.25, 0.3) is 0 Å². The molecule has 0 spiro atoms. The highest BCUT2D eigenvalue weighted by molar-refractivity contribution is 9.10. The molecule has 0 saturated carbocycles. The van der Waals surface area contributed by atoms with E-state index in [4.69, 9.17) is 9.47 Å². The Kier molecular flexibility index (Phi) is 6.45. The van der Waals surface area contributed by atoms with E-state index in [2.05, 4.69) is 33.0 Å². The fourth-order valence-corrected chi connectivity index (χ4v) is 2.80. The van der Waals surface area contributed by atoms with E-state index < -0.39 is 6.10 Å². The Bertz CT molecular complexity index is 416. The molecule has 0 aliphatic carbocycles. The van der Waals surface area contributed by atoms with Crippen LogP contribution >= 0.6 is 15.9 Å². The van der Waals surface area contributed by atoms with E-state index in [9.17, 15) is 5.11 Å². The Morgan fingerprint density at radius 3 is 3.15 bits per heavy atom. The number of ether oxygens (including phenoxy) is 2. The van der Waals surface area contributed by atoms with Crippen LogP contribution in [0.1, 0.15) is 18.6 Å². The van der Waals surface area contributed by atoms with E-state index in [0.29, 0.717) is 26.4 Å². The second kappa shape index (κ2) is 8.10. The van der Waals surface area contributed by atoms with E-state index in [-0.39, 0.29) is 6.10 Å². The summed E-state index contributed by atoms with van der Waals surface area (Å²) in [5.41, 5.74) is 1.17. The van der Waals surface area contributed by atoms with Crippen molar-refractivity contribution in [2.24, 2.45) is 0 Å². The molecule has 1 heterocycles. The van der Waals surface area contributed by atoms with Gasteiger partial charge in [-0.25, -0.2) is 0 Å². The predicted molar refractivity (Wildman–Crippen MR) is 81.8 cm³/mol. The van der Waals surface area contributed by atoms with Gasteiger partial charge in [-0.1, -0.05) is 28.1 Å². The normalized spacial score (nSPS) is 21.9. The number of halogens is 1. The first-order valence-corrected chi connectivity index (χ1v) is 7.83. The van der Waals surface area contributed by atoms with E-state index in [0.717, 1.165) is 17.6 Å². The maximum Gasteiger partial charge on any atom is 0.0952 e. The highest BCUT2D eigenvalue weighted by atomic mass is 79.9. The molecule has 4 nitrogen and oxygen atoms in total. The number of morpholine rings is 1. The minimum absolute atomic E-state index is 0.0699. The maximum atomic E-state index is 9.92. The van der Waals surface area contributed by atoms with E-state index >= 15 is 0 Å². The summed E-state index contributed by atoms with van der Waals surface area (Å²) in [6.45, 7) is 5.96. The molecule has 1 N–H and O–H groups in total. The monoisotopic (exact) mass is 343 g/mol. The quantitative estimate of drug-likeness (QED) is 0.859. The first-order chi connectivity index (χ1) is 9.69.